The van der Waals surface area contributed by atoms with Crippen LogP contribution < -0.4 is 4.74 Å². The highest BCUT2D eigenvalue weighted by molar-refractivity contribution is 5.97. The molecule has 0 spiro atoms. The summed E-state index contributed by atoms with van der Waals surface area (Å²) in [5, 5.41) is 50.1. The number of rotatable bonds is 3. The van der Waals surface area contributed by atoms with Crippen molar-refractivity contribution in [2.24, 2.45) is 0 Å². The number of hydrogen-bond donors (Lipinski definition) is 5. The molecule has 1 aromatic carbocycles. The third kappa shape index (κ3) is 6.34. The Kier molecular flexibility index (Phi) is 9.03. The lowest BCUT2D eigenvalue weighted by atomic mass is 9.99. The van der Waals surface area contributed by atoms with Crippen LogP contribution in [0.2, 0.25) is 0 Å². The van der Waals surface area contributed by atoms with E-state index < -0.39 is 55.1 Å². The molecular formula is C24H32O10. The number of phenols is 1. The summed E-state index contributed by atoms with van der Waals surface area (Å²) in [4.78, 5) is 24.8. The van der Waals surface area contributed by atoms with Crippen LogP contribution in [0, 0.1) is 0 Å². The number of Topliss-reactive ketones (excluding diaryl/α,β-unsaturated/α-hetero) is 1. The summed E-state index contributed by atoms with van der Waals surface area (Å²) in [5.74, 6) is -0.965. The minimum atomic E-state index is -1.63. The van der Waals surface area contributed by atoms with E-state index in [-0.39, 0.29) is 17.1 Å². The molecule has 2 aliphatic rings. The van der Waals surface area contributed by atoms with E-state index in [1.54, 1.807) is 19.1 Å². The van der Waals surface area contributed by atoms with Crippen LogP contribution in [0.3, 0.4) is 0 Å². The lowest BCUT2D eigenvalue weighted by molar-refractivity contribution is -0.277. The van der Waals surface area contributed by atoms with E-state index in [0.717, 1.165) is 6.07 Å². The van der Waals surface area contributed by atoms with Crippen molar-refractivity contribution in [3.05, 3.63) is 29.3 Å². The number of aliphatic hydroxyl groups is 4. The normalized spacial score (nSPS) is 32.3. The zero-order valence-corrected chi connectivity index (χ0v) is 19.0. The van der Waals surface area contributed by atoms with Crippen molar-refractivity contribution in [1.82, 2.24) is 0 Å². The molecule has 0 bridgehead atoms. The third-order valence-corrected chi connectivity index (χ3v) is 5.92. The predicted molar refractivity (Wildman–Crippen MR) is 119 cm³/mol. The quantitative estimate of drug-likeness (QED) is 0.395. The fourth-order valence-electron chi connectivity index (χ4n) is 3.98. The minimum Gasteiger partial charge on any atom is -0.507 e. The molecule has 2 aliphatic heterocycles. The Hall–Kier alpha value is -2.50. The molecule has 34 heavy (non-hydrogen) atoms. The van der Waals surface area contributed by atoms with Gasteiger partial charge in [-0.2, -0.15) is 0 Å². The number of aromatic hydroxyl groups is 1. The molecule has 0 aromatic heterocycles. The molecule has 0 radical (unpaired) electrons. The highest BCUT2D eigenvalue weighted by atomic mass is 16.7. The highest BCUT2D eigenvalue weighted by Gasteiger charge is 2.44. The van der Waals surface area contributed by atoms with E-state index in [9.17, 15) is 35.1 Å². The van der Waals surface area contributed by atoms with Gasteiger partial charge in [0.25, 0.3) is 0 Å². The van der Waals surface area contributed by atoms with Crippen LogP contribution in [-0.4, -0.2) is 80.7 Å². The van der Waals surface area contributed by atoms with Gasteiger partial charge in [-0.15, -0.1) is 0 Å². The Balaban J connectivity index is 1.88. The molecule has 1 aromatic rings. The van der Waals surface area contributed by atoms with Gasteiger partial charge in [0.05, 0.1) is 12.7 Å². The molecule has 6 atom stereocenters. The molecule has 1 saturated heterocycles. The average Bonchev–Trinajstić information content (AvgIpc) is 2.78. The second-order valence-electron chi connectivity index (χ2n) is 8.66. The Morgan fingerprint density at radius 3 is 2.53 bits per heavy atom. The number of phenolic OH excluding ortho intramolecular Hbond substituents is 1. The number of carbonyl (C=O) groups is 2. The fourth-order valence-corrected chi connectivity index (χ4v) is 3.98. The zero-order chi connectivity index (χ0) is 24.8. The largest absolute Gasteiger partial charge is 0.507 e. The molecule has 10 nitrogen and oxygen atoms in total. The number of fused-ring (bicyclic) bond motifs is 1. The molecule has 2 heterocycles. The van der Waals surface area contributed by atoms with E-state index in [1.165, 1.54) is 6.07 Å². The summed E-state index contributed by atoms with van der Waals surface area (Å²) in [5.41, 5.74) is 0.234. The smallest absolute Gasteiger partial charge is 0.342 e. The standard InChI is InChI=1S/C24H32O10/c1-13-6-5-9-15(26)8-4-2-3-7-14-10-16(11-17(27)19(14)23(31)32-13)33-24-22(30)21(29)20(28)18(12-25)34-24/h3,7,10-11,13,18,20-22,24-25,27-30H,2,4-6,8-9,12H2,1H3/b7-3-/t13-,18+,20+,21-,22+,24?/m0/s1. The van der Waals surface area contributed by atoms with Crippen molar-refractivity contribution < 1.29 is 49.3 Å². The molecule has 0 aliphatic carbocycles. The van der Waals surface area contributed by atoms with Crippen molar-refractivity contribution in [3.63, 3.8) is 0 Å². The van der Waals surface area contributed by atoms with Gasteiger partial charge >= 0.3 is 5.97 Å². The Bertz CT molecular complexity index is 896. The van der Waals surface area contributed by atoms with Gasteiger partial charge in [-0.1, -0.05) is 12.2 Å². The third-order valence-electron chi connectivity index (χ3n) is 5.92. The number of hydrogen-bond acceptors (Lipinski definition) is 10. The van der Waals surface area contributed by atoms with E-state index in [2.05, 4.69) is 0 Å². The van der Waals surface area contributed by atoms with Crippen molar-refractivity contribution in [3.8, 4) is 11.5 Å². The number of carbonyl (C=O) groups excluding carboxylic acids is 2. The molecule has 0 saturated carbocycles. The van der Waals surface area contributed by atoms with Crippen LogP contribution >= 0.6 is 0 Å². The van der Waals surface area contributed by atoms with Gasteiger partial charge in [-0.05, 0) is 44.2 Å². The number of aliphatic hydroxyl groups excluding tert-OH is 4. The minimum absolute atomic E-state index is 0.0161. The van der Waals surface area contributed by atoms with E-state index in [4.69, 9.17) is 14.2 Å². The number of ether oxygens (including phenoxy) is 3. The van der Waals surface area contributed by atoms with Gasteiger partial charge in [-0.3, -0.25) is 4.79 Å². The maximum absolute atomic E-state index is 12.8. The van der Waals surface area contributed by atoms with Crippen LogP contribution in [0.25, 0.3) is 6.08 Å². The molecule has 5 N–H and O–H groups in total. The Morgan fingerprint density at radius 1 is 1.06 bits per heavy atom. The maximum atomic E-state index is 12.8. The van der Waals surface area contributed by atoms with Gasteiger partial charge < -0.3 is 39.7 Å². The average molecular weight is 481 g/mol. The number of allylic oxidation sites excluding steroid dienone is 1. The second kappa shape index (κ2) is 11.8. The van der Waals surface area contributed by atoms with Gasteiger partial charge in [0.1, 0.15) is 47.3 Å². The number of cyclic esters (lactones) is 1. The SMILES string of the molecule is C[C@H]1CCCC(=O)CCC/C=C\c2cc(OC3O[C@H](CO)[C@@H](O)[C@H](O)[C@H]3O)cc(O)c2C(=O)O1. The first kappa shape index (κ1) is 26.1. The van der Waals surface area contributed by atoms with Crippen molar-refractivity contribution in [2.45, 2.75) is 82.3 Å². The summed E-state index contributed by atoms with van der Waals surface area (Å²) in [6, 6.07) is 2.60. The van der Waals surface area contributed by atoms with Crippen molar-refractivity contribution in [1.29, 1.82) is 0 Å². The predicted octanol–water partition coefficient (Wildman–Crippen LogP) is 1.05. The number of esters is 1. The fraction of sp³-hybridized carbons (Fsp3) is 0.583. The lowest BCUT2D eigenvalue weighted by Gasteiger charge is -2.39. The Morgan fingerprint density at radius 2 is 1.79 bits per heavy atom. The molecule has 1 fully saturated rings. The highest BCUT2D eigenvalue weighted by Crippen LogP contribution is 2.33. The van der Waals surface area contributed by atoms with Crippen LogP contribution in [0.1, 0.15) is 61.4 Å². The van der Waals surface area contributed by atoms with Crippen molar-refractivity contribution >= 4 is 17.8 Å². The number of ketones is 1. The molecular weight excluding hydrogens is 448 g/mol. The van der Waals surface area contributed by atoms with Crippen LogP contribution in [0.4, 0.5) is 0 Å². The monoisotopic (exact) mass is 480 g/mol. The summed E-state index contributed by atoms with van der Waals surface area (Å²) >= 11 is 0. The van der Waals surface area contributed by atoms with Crippen LogP contribution in [0.15, 0.2) is 18.2 Å². The van der Waals surface area contributed by atoms with E-state index in [1.807, 2.05) is 0 Å². The molecule has 0 amide bonds. The van der Waals surface area contributed by atoms with Crippen LogP contribution in [0.5, 0.6) is 11.5 Å². The van der Waals surface area contributed by atoms with Gasteiger partial charge in [0, 0.05) is 18.9 Å². The summed E-state index contributed by atoms with van der Waals surface area (Å²) in [6.45, 7) is 1.10. The molecule has 1 unspecified atom stereocenters. The lowest BCUT2D eigenvalue weighted by Crippen LogP contribution is -2.60. The van der Waals surface area contributed by atoms with Gasteiger partial charge in [0.15, 0.2) is 0 Å². The van der Waals surface area contributed by atoms with Crippen molar-refractivity contribution in [2.75, 3.05) is 6.61 Å². The first-order valence-corrected chi connectivity index (χ1v) is 11.4. The Labute approximate surface area is 197 Å². The van der Waals surface area contributed by atoms with Crippen LogP contribution in [-0.2, 0) is 14.3 Å². The number of benzene rings is 1. The topological polar surface area (TPSA) is 163 Å². The second-order valence-corrected chi connectivity index (χ2v) is 8.66. The summed E-state index contributed by atoms with van der Waals surface area (Å²) in [6.07, 6.45) is -1.24. The maximum Gasteiger partial charge on any atom is 0.342 e. The van der Waals surface area contributed by atoms with Gasteiger partial charge in [0.2, 0.25) is 6.29 Å². The molecule has 10 heteroatoms. The van der Waals surface area contributed by atoms with E-state index >= 15 is 0 Å². The van der Waals surface area contributed by atoms with Gasteiger partial charge in [-0.25, -0.2) is 4.79 Å². The summed E-state index contributed by atoms with van der Waals surface area (Å²) < 4.78 is 16.4. The molecule has 3 rings (SSSR count). The molecule has 188 valence electrons. The zero-order valence-electron chi connectivity index (χ0n) is 19.0. The first-order chi connectivity index (χ1) is 16.2. The summed E-state index contributed by atoms with van der Waals surface area (Å²) in [7, 11) is 0. The van der Waals surface area contributed by atoms with E-state index in [0.29, 0.717) is 44.1 Å². The first-order valence-electron chi connectivity index (χ1n) is 11.4.